The number of piperidine rings is 1. The Bertz CT molecular complexity index is 1970. The van der Waals surface area contributed by atoms with Crippen molar-refractivity contribution >= 4 is 44.9 Å². The fourth-order valence-electron chi connectivity index (χ4n) is 5.96. The monoisotopic (exact) mass is 708 g/mol. The van der Waals surface area contributed by atoms with Crippen molar-refractivity contribution in [3.63, 3.8) is 0 Å². The summed E-state index contributed by atoms with van der Waals surface area (Å²) in [5.74, 6) is -0.392. The van der Waals surface area contributed by atoms with Gasteiger partial charge in [0.05, 0.1) is 22.5 Å². The lowest BCUT2D eigenvalue weighted by Gasteiger charge is -2.32. The molecule has 2 aliphatic rings. The Morgan fingerprint density at radius 1 is 0.960 bits per heavy atom. The Labute approximate surface area is 287 Å². The molecule has 2 aromatic carbocycles. The molecule has 0 aliphatic carbocycles. The summed E-state index contributed by atoms with van der Waals surface area (Å²) in [4.78, 5) is 39.9. The second-order valence-electron chi connectivity index (χ2n) is 12.3. The van der Waals surface area contributed by atoms with Gasteiger partial charge in [0.25, 0.3) is 0 Å². The normalized spacial score (nSPS) is 16.3. The number of benzene rings is 2. The SMILES string of the molecule is CS(=O)(=O)c1cccc(CNc2nc(Nc3ccc(C4CCN(Cc5ccc(N6CCC(=O)NC6=O)cn5)CC4)cc3)ncc2C(F)(F)F)c1. The molecule has 4 heterocycles. The maximum absolute atomic E-state index is 13.8. The molecule has 3 N–H and O–H groups in total. The van der Waals surface area contributed by atoms with Crippen molar-refractivity contribution in [3.8, 4) is 0 Å². The summed E-state index contributed by atoms with van der Waals surface area (Å²) in [7, 11) is -3.48. The van der Waals surface area contributed by atoms with E-state index in [1.54, 1.807) is 12.3 Å². The number of amides is 3. The number of rotatable bonds is 10. The van der Waals surface area contributed by atoms with E-state index in [-0.39, 0.29) is 29.7 Å². The van der Waals surface area contributed by atoms with Crippen LogP contribution in [0.3, 0.4) is 0 Å². The predicted octanol–water partition coefficient (Wildman–Crippen LogP) is 5.48. The predicted molar refractivity (Wildman–Crippen MR) is 181 cm³/mol. The third kappa shape index (κ3) is 8.55. The molecule has 6 rings (SSSR count). The van der Waals surface area contributed by atoms with Gasteiger partial charge in [0.15, 0.2) is 9.84 Å². The first-order valence-electron chi connectivity index (χ1n) is 15.9. The topological polar surface area (TPSA) is 150 Å². The van der Waals surface area contributed by atoms with E-state index in [1.165, 1.54) is 23.1 Å². The third-order valence-corrected chi connectivity index (χ3v) is 9.78. The summed E-state index contributed by atoms with van der Waals surface area (Å²) in [5.41, 5.74) is 2.74. The fourth-order valence-corrected chi connectivity index (χ4v) is 6.65. The van der Waals surface area contributed by atoms with Gasteiger partial charge in [0, 0.05) is 44.2 Å². The molecule has 0 spiro atoms. The molecule has 2 fully saturated rings. The Hall–Kier alpha value is -5.09. The van der Waals surface area contributed by atoms with Gasteiger partial charge in [-0.1, -0.05) is 24.3 Å². The van der Waals surface area contributed by atoms with Crippen LogP contribution in [0.5, 0.6) is 0 Å². The van der Waals surface area contributed by atoms with Crippen LogP contribution in [0.15, 0.2) is 78.0 Å². The number of aromatic nitrogens is 3. The average molecular weight is 709 g/mol. The summed E-state index contributed by atoms with van der Waals surface area (Å²) in [6.45, 7) is 2.67. The van der Waals surface area contributed by atoms with Crippen molar-refractivity contribution in [3.05, 3.63) is 95.4 Å². The van der Waals surface area contributed by atoms with Crippen molar-refractivity contribution in [2.45, 2.75) is 49.3 Å². The largest absolute Gasteiger partial charge is 0.421 e. The lowest BCUT2D eigenvalue weighted by molar-refractivity contribution is -0.137. The average Bonchev–Trinajstić information content (AvgIpc) is 3.08. The standard InChI is InChI=1S/C34H35F3N8O4S/c1-50(48,49)28-4-2-3-22(17-28)18-39-31-29(34(35,36)37)20-40-32(43-31)41-25-7-5-23(6-8-25)24-11-14-44(15-12-24)21-26-9-10-27(19-38-26)45-16-13-30(46)42-33(45)47/h2-10,17,19-20,24H,11-16,18,21H2,1H3,(H,42,46,47)(H2,39,40,41,43). The molecule has 0 radical (unpaired) electrons. The van der Waals surface area contributed by atoms with Gasteiger partial charge >= 0.3 is 12.2 Å². The van der Waals surface area contributed by atoms with E-state index in [1.807, 2.05) is 36.4 Å². The van der Waals surface area contributed by atoms with Crippen molar-refractivity contribution in [2.75, 3.05) is 41.4 Å². The molecule has 0 bridgehead atoms. The quantitative estimate of drug-likeness (QED) is 0.194. The molecule has 262 valence electrons. The molecule has 12 nitrogen and oxygen atoms in total. The number of alkyl halides is 3. The molecule has 4 aromatic rings. The number of sulfone groups is 1. The smallest absolute Gasteiger partial charge is 0.365 e. The van der Waals surface area contributed by atoms with Crippen molar-refractivity contribution < 1.29 is 31.2 Å². The highest BCUT2D eigenvalue weighted by molar-refractivity contribution is 7.90. The Morgan fingerprint density at radius 2 is 1.72 bits per heavy atom. The number of urea groups is 1. The number of carbonyl (C=O) groups is 2. The summed E-state index contributed by atoms with van der Waals surface area (Å²) in [6.07, 6.45) is 0.865. The summed E-state index contributed by atoms with van der Waals surface area (Å²) in [6, 6.07) is 16.9. The van der Waals surface area contributed by atoms with E-state index < -0.39 is 33.4 Å². The molecule has 0 atom stereocenters. The number of anilines is 4. The summed E-state index contributed by atoms with van der Waals surface area (Å²) in [5, 5.41) is 7.98. The molecule has 2 aliphatic heterocycles. The number of carbonyl (C=O) groups excluding carboxylic acids is 2. The number of pyridine rings is 1. The van der Waals surface area contributed by atoms with Crippen LogP contribution in [0.2, 0.25) is 0 Å². The van der Waals surface area contributed by atoms with Gasteiger partial charge in [-0.3, -0.25) is 24.9 Å². The fraction of sp³-hybridized carbons (Fsp3) is 0.324. The number of nitrogens with one attached hydrogen (secondary N) is 3. The van der Waals surface area contributed by atoms with Crippen LogP contribution in [0.4, 0.5) is 41.1 Å². The number of likely N-dealkylation sites (tertiary alicyclic amines) is 1. The van der Waals surface area contributed by atoms with Gasteiger partial charge in [0.1, 0.15) is 11.4 Å². The number of halogens is 3. The van der Waals surface area contributed by atoms with Crippen LogP contribution in [-0.2, 0) is 33.9 Å². The zero-order chi connectivity index (χ0) is 35.5. The van der Waals surface area contributed by atoms with Gasteiger partial charge in [-0.2, -0.15) is 18.2 Å². The number of hydrogen-bond acceptors (Lipinski definition) is 10. The zero-order valence-electron chi connectivity index (χ0n) is 27.1. The van der Waals surface area contributed by atoms with Crippen molar-refractivity contribution in [2.24, 2.45) is 0 Å². The molecule has 50 heavy (non-hydrogen) atoms. The second kappa shape index (κ2) is 14.4. The van der Waals surface area contributed by atoms with Gasteiger partial charge in [-0.05, 0) is 79.4 Å². The van der Waals surface area contributed by atoms with E-state index in [2.05, 4.69) is 35.8 Å². The highest BCUT2D eigenvalue weighted by atomic mass is 32.2. The Balaban J connectivity index is 1.03. The van der Waals surface area contributed by atoms with Crippen LogP contribution < -0.4 is 20.9 Å². The van der Waals surface area contributed by atoms with Crippen LogP contribution in [0, 0.1) is 0 Å². The molecule has 2 aromatic heterocycles. The minimum Gasteiger partial charge on any atom is -0.365 e. The number of hydrogen-bond donors (Lipinski definition) is 3. The lowest BCUT2D eigenvalue weighted by atomic mass is 9.89. The first-order chi connectivity index (χ1) is 23.8. The highest BCUT2D eigenvalue weighted by Crippen LogP contribution is 2.35. The van der Waals surface area contributed by atoms with Crippen molar-refractivity contribution in [1.82, 2.24) is 25.2 Å². The third-order valence-electron chi connectivity index (χ3n) is 8.67. The van der Waals surface area contributed by atoms with Gasteiger partial charge in [-0.25, -0.2) is 18.2 Å². The van der Waals surface area contributed by atoms with Crippen LogP contribution >= 0.6 is 0 Å². The molecule has 0 unspecified atom stereocenters. The first-order valence-corrected chi connectivity index (χ1v) is 17.8. The van der Waals surface area contributed by atoms with E-state index in [4.69, 9.17) is 0 Å². The second-order valence-corrected chi connectivity index (χ2v) is 14.3. The minimum atomic E-state index is -4.70. The Kier molecular flexibility index (Phi) is 10.0. The van der Waals surface area contributed by atoms with E-state index >= 15 is 0 Å². The summed E-state index contributed by atoms with van der Waals surface area (Å²) >= 11 is 0. The first kappa shape index (κ1) is 34.8. The molecule has 2 saturated heterocycles. The number of nitrogens with zero attached hydrogens (tertiary/aromatic N) is 5. The minimum absolute atomic E-state index is 0.0256. The lowest BCUT2D eigenvalue weighted by Crippen LogP contribution is -2.49. The maximum Gasteiger partial charge on any atom is 0.421 e. The number of imide groups is 1. The molecule has 16 heteroatoms. The van der Waals surface area contributed by atoms with Crippen LogP contribution in [-0.4, -0.2) is 66.1 Å². The zero-order valence-corrected chi connectivity index (χ0v) is 27.9. The molecular formula is C34H35F3N8O4S. The highest BCUT2D eigenvalue weighted by Gasteiger charge is 2.35. The van der Waals surface area contributed by atoms with E-state index in [0.29, 0.717) is 42.1 Å². The van der Waals surface area contributed by atoms with Crippen LogP contribution in [0.1, 0.15) is 47.6 Å². The van der Waals surface area contributed by atoms with Crippen molar-refractivity contribution in [1.29, 1.82) is 0 Å². The van der Waals surface area contributed by atoms with E-state index in [9.17, 15) is 31.2 Å². The molecule has 0 saturated carbocycles. The van der Waals surface area contributed by atoms with Crippen LogP contribution in [0.25, 0.3) is 0 Å². The van der Waals surface area contributed by atoms with E-state index in [0.717, 1.165) is 43.4 Å². The Morgan fingerprint density at radius 3 is 2.38 bits per heavy atom. The molecular weight excluding hydrogens is 673 g/mol. The summed E-state index contributed by atoms with van der Waals surface area (Å²) < 4.78 is 65.1. The maximum atomic E-state index is 13.8. The molecule has 3 amide bonds. The van der Waals surface area contributed by atoms with Gasteiger partial charge < -0.3 is 10.6 Å². The van der Waals surface area contributed by atoms with Gasteiger partial charge in [0.2, 0.25) is 11.9 Å². The van der Waals surface area contributed by atoms with Gasteiger partial charge in [-0.15, -0.1) is 0 Å².